The number of benzene rings is 2. The van der Waals surface area contributed by atoms with E-state index in [1.165, 1.54) is 12.7 Å². The second kappa shape index (κ2) is 9.08. The van der Waals surface area contributed by atoms with E-state index in [1.807, 2.05) is 42.5 Å². The Morgan fingerprint density at radius 3 is 2.48 bits per heavy atom. The highest BCUT2D eigenvalue weighted by atomic mass is 16.5. The van der Waals surface area contributed by atoms with Gasteiger partial charge in [-0.05, 0) is 42.6 Å². The molecule has 0 saturated carbocycles. The molecule has 0 radical (unpaired) electrons. The number of rotatable bonds is 8. The van der Waals surface area contributed by atoms with E-state index < -0.39 is 6.10 Å². The molecular formula is C19H23NO3. The number of methoxy groups -OCH3 is 1. The van der Waals surface area contributed by atoms with Gasteiger partial charge < -0.3 is 15.2 Å². The number of hydrogen-bond acceptors (Lipinski definition) is 4. The van der Waals surface area contributed by atoms with Crippen LogP contribution in [0.1, 0.15) is 34.0 Å². The summed E-state index contributed by atoms with van der Waals surface area (Å²) < 4.78 is 4.68. The molecule has 0 aromatic heterocycles. The first-order valence-electron chi connectivity index (χ1n) is 7.81. The lowest BCUT2D eigenvalue weighted by molar-refractivity contribution is 0.0600. The normalized spacial score (nSPS) is 11.9. The molecule has 0 fully saturated rings. The molecule has 0 bridgehead atoms. The topological polar surface area (TPSA) is 58.6 Å². The van der Waals surface area contributed by atoms with Crippen molar-refractivity contribution in [1.29, 1.82) is 0 Å². The van der Waals surface area contributed by atoms with Crippen molar-refractivity contribution in [2.24, 2.45) is 0 Å². The van der Waals surface area contributed by atoms with Gasteiger partial charge in [0.05, 0.1) is 18.8 Å². The van der Waals surface area contributed by atoms with Gasteiger partial charge in [-0.15, -0.1) is 0 Å². The zero-order valence-corrected chi connectivity index (χ0v) is 13.4. The first kappa shape index (κ1) is 17.2. The van der Waals surface area contributed by atoms with Gasteiger partial charge in [0.1, 0.15) is 0 Å². The number of carbonyl (C=O) groups excluding carboxylic acids is 1. The minimum atomic E-state index is -0.476. The molecule has 2 rings (SSSR count). The average molecular weight is 313 g/mol. The van der Waals surface area contributed by atoms with Gasteiger partial charge >= 0.3 is 5.97 Å². The van der Waals surface area contributed by atoms with Crippen molar-refractivity contribution in [1.82, 2.24) is 5.32 Å². The van der Waals surface area contributed by atoms with Crippen LogP contribution in [0.5, 0.6) is 0 Å². The fraction of sp³-hybridized carbons (Fsp3) is 0.316. The molecule has 0 saturated heterocycles. The second-order valence-electron chi connectivity index (χ2n) is 5.42. The molecule has 1 unspecified atom stereocenters. The largest absolute Gasteiger partial charge is 0.465 e. The highest BCUT2D eigenvalue weighted by Gasteiger charge is 2.06. The van der Waals surface area contributed by atoms with Crippen molar-refractivity contribution in [3.63, 3.8) is 0 Å². The van der Waals surface area contributed by atoms with Crippen LogP contribution in [0.2, 0.25) is 0 Å². The summed E-state index contributed by atoms with van der Waals surface area (Å²) in [5.41, 5.74) is 2.68. The van der Waals surface area contributed by atoms with Crippen molar-refractivity contribution in [2.75, 3.05) is 20.2 Å². The van der Waals surface area contributed by atoms with E-state index in [2.05, 4.69) is 10.1 Å². The van der Waals surface area contributed by atoms with Crippen molar-refractivity contribution in [2.45, 2.75) is 18.9 Å². The predicted octanol–water partition coefficient (Wildman–Crippen LogP) is 2.73. The molecular weight excluding hydrogens is 290 g/mol. The van der Waals surface area contributed by atoms with Gasteiger partial charge in [0, 0.05) is 6.54 Å². The molecule has 0 aliphatic heterocycles. The van der Waals surface area contributed by atoms with Gasteiger partial charge in [-0.3, -0.25) is 0 Å². The first-order valence-corrected chi connectivity index (χ1v) is 7.81. The summed E-state index contributed by atoms with van der Waals surface area (Å²) in [4.78, 5) is 11.3. The van der Waals surface area contributed by atoms with E-state index in [0.29, 0.717) is 12.1 Å². The molecule has 1 atom stereocenters. The second-order valence-corrected chi connectivity index (χ2v) is 5.42. The highest BCUT2D eigenvalue weighted by Crippen LogP contribution is 2.11. The minimum Gasteiger partial charge on any atom is -0.465 e. The Labute approximate surface area is 137 Å². The van der Waals surface area contributed by atoms with Crippen LogP contribution in [-0.4, -0.2) is 31.3 Å². The SMILES string of the molecule is COC(=O)c1ccc(CCCNCC(O)c2ccccc2)cc1. The third kappa shape index (κ3) is 5.51. The Balaban J connectivity index is 1.66. The Kier molecular flexibility index (Phi) is 6.78. The maximum atomic E-state index is 11.3. The van der Waals surface area contributed by atoms with Gasteiger partial charge in [-0.2, -0.15) is 0 Å². The van der Waals surface area contributed by atoms with Gasteiger partial charge in [0.25, 0.3) is 0 Å². The lowest BCUT2D eigenvalue weighted by Crippen LogP contribution is -2.22. The summed E-state index contributed by atoms with van der Waals surface area (Å²) in [6, 6.07) is 17.1. The van der Waals surface area contributed by atoms with Crippen molar-refractivity contribution >= 4 is 5.97 Å². The maximum Gasteiger partial charge on any atom is 0.337 e. The quantitative estimate of drug-likeness (QED) is 0.581. The molecule has 0 amide bonds. The minimum absolute atomic E-state index is 0.312. The summed E-state index contributed by atoms with van der Waals surface area (Å²) in [6.45, 7) is 1.38. The third-order valence-electron chi connectivity index (χ3n) is 3.72. The number of carbonyl (C=O) groups is 1. The number of nitrogens with one attached hydrogen (secondary N) is 1. The van der Waals surface area contributed by atoms with Crippen LogP contribution in [0.15, 0.2) is 54.6 Å². The smallest absolute Gasteiger partial charge is 0.337 e. The van der Waals surface area contributed by atoms with Crippen LogP contribution in [0.3, 0.4) is 0 Å². The fourth-order valence-corrected chi connectivity index (χ4v) is 2.37. The van der Waals surface area contributed by atoms with Gasteiger partial charge in [-0.25, -0.2) is 4.79 Å². The molecule has 0 spiro atoms. The Morgan fingerprint density at radius 1 is 1.13 bits per heavy atom. The molecule has 2 aromatic rings. The molecule has 0 aliphatic rings. The predicted molar refractivity (Wildman–Crippen MR) is 90.4 cm³/mol. The van der Waals surface area contributed by atoms with Crippen LogP contribution in [0.4, 0.5) is 0 Å². The van der Waals surface area contributed by atoms with E-state index in [1.54, 1.807) is 12.1 Å². The van der Waals surface area contributed by atoms with E-state index in [4.69, 9.17) is 0 Å². The van der Waals surface area contributed by atoms with Crippen LogP contribution in [-0.2, 0) is 11.2 Å². The van der Waals surface area contributed by atoms with Crippen LogP contribution in [0, 0.1) is 0 Å². The number of aryl methyl sites for hydroxylation is 1. The van der Waals surface area contributed by atoms with Gasteiger partial charge in [-0.1, -0.05) is 42.5 Å². The van der Waals surface area contributed by atoms with E-state index in [-0.39, 0.29) is 5.97 Å². The number of ether oxygens (including phenoxy) is 1. The molecule has 0 heterocycles. The third-order valence-corrected chi connectivity index (χ3v) is 3.72. The monoisotopic (exact) mass is 313 g/mol. The lowest BCUT2D eigenvalue weighted by Gasteiger charge is -2.12. The summed E-state index contributed by atoms with van der Waals surface area (Å²) in [6.07, 6.45) is 1.42. The van der Waals surface area contributed by atoms with E-state index in [9.17, 15) is 9.90 Å². The molecule has 4 nitrogen and oxygen atoms in total. The Bertz CT molecular complexity index is 596. The Morgan fingerprint density at radius 2 is 1.83 bits per heavy atom. The zero-order valence-electron chi connectivity index (χ0n) is 13.4. The molecule has 2 aromatic carbocycles. The number of aliphatic hydroxyl groups excluding tert-OH is 1. The van der Waals surface area contributed by atoms with Gasteiger partial charge in [0.2, 0.25) is 0 Å². The van der Waals surface area contributed by atoms with E-state index in [0.717, 1.165) is 24.9 Å². The average Bonchev–Trinajstić information content (AvgIpc) is 2.62. The molecule has 122 valence electrons. The molecule has 23 heavy (non-hydrogen) atoms. The van der Waals surface area contributed by atoms with Crippen molar-refractivity contribution < 1.29 is 14.6 Å². The van der Waals surface area contributed by atoms with Crippen LogP contribution in [0.25, 0.3) is 0 Å². The maximum absolute atomic E-state index is 11.3. The highest BCUT2D eigenvalue weighted by molar-refractivity contribution is 5.89. The number of esters is 1. The Hall–Kier alpha value is -2.17. The van der Waals surface area contributed by atoms with Crippen molar-refractivity contribution in [3.05, 3.63) is 71.3 Å². The number of aliphatic hydroxyl groups is 1. The first-order chi connectivity index (χ1) is 11.2. The summed E-state index contributed by atoms with van der Waals surface area (Å²) in [5, 5.41) is 13.3. The summed E-state index contributed by atoms with van der Waals surface area (Å²) in [7, 11) is 1.38. The number of hydrogen-bond donors (Lipinski definition) is 2. The molecule has 2 N–H and O–H groups in total. The molecule has 0 aliphatic carbocycles. The summed E-state index contributed by atoms with van der Waals surface area (Å²) >= 11 is 0. The van der Waals surface area contributed by atoms with Gasteiger partial charge in [0.15, 0.2) is 0 Å². The fourth-order valence-electron chi connectivity index (χ4n) is 2.37. The van der Waals surface area contributed by atoms with Crippen molar-refractivity contribution in [3.8, 4) is 0 Å². The zero-order chi connectivity index (χ0) is 16.5. The van der Waals surface area contributed by atoms with E-state index >= 15 is 0 Å². The summed E-state index contributed by atoms with van der Waals surface area (Å²) in [5.74, 6) is -0.312. The molecule has 4 heteroatoms. The standard InChI is InChI=1S/C19H23NO3/c1-23-19(22)17-11-9-15(10-12-17)6-5-13-20-14-18(21)16-7-3-2-4-8-16/h2-4,7-12,18,20-21H,5-6,13-14H2,1H3. The van der Waals surface area contributed by atoms with Crippen LogP contribution >= 0.6 is 0 Å². The lowest BCUT2D eigenvalue weighted by atomic mass is 10.1. The van der Waals surface area contributed by atoms with Crippen LogP contribution < -0.4 is 5.32 Å².